The third kappa shape index (κ3) is 2.63. The molecule has 0 radical (unpaired) electrons. The number of aromatic nitrogens is 3. The molecule has 1 aliphatic heterocycles. The molecule has 2 aromatic rings. The molecule has 136 valence electrons. The van der Waals surface area contributed by atoms with Gasteiger partial charge in [-0.15, -0.1) is 5.10 Å². The molecule has 0 saturated carbocycles. The molecule has 3 aliphatic rings. The monoisotopic (exact) mass is 361 g/mol. The van der Waals surface area contributed by atoms with E-state index in [9.17, 15) is 9.59 Å². The number of rotatable bonds is 2. The van der Waals surface area contributed by atoms with Gasteiger partial charge in [0.15, 0.2) is 11.6 Å². The number of allylic oxidation sites excluding steroid dienone is 4. The lowest BCUT2D eigenvalue weighted by Crippen LogP contribution is -2.30. The molecule has 0 N–H and O–H groups in total. The van der Waals surface area contributed by atoms with Crippen LogP contribution in [0, 0.1) is 0 Å². The van der Waals surface area contributed by atoms with Crippen LogP contribution < -0.4 is 0 Å². The normalized spacial score (nSPS) is 20.4. The van der Waals surface area contributed by atoms with E-state index in [1.165, 1.54) is 0 Å². The quantitative estimate of drug-likeness (QED) is 0.820. The van der Waals surface area contributed by atoms with Crippen molar-refractivity contribution in [1.29, 1.82) is 0 Å². The Morgan fingerprint density at radius 3 is 2.15 bits per heavy atom. The summed E-state index contributed by atoms with van der Waals surface area (Å²) in [6.07, 6.45) is 5.84. The SMILES string of the molecule is O=C1CCCC2=C1C(c1cn(-c3ccccc3)nn1)C1=C(CCCC1=O)O2. The van der Waals surface area contributed by atoms with Crippen molar-refractivity contribution in [3.8, 4) is 5.69 Å². The first-order valence-electron chi connectivity index (χ1n) is 9.40. The van der Waals surface area contributed by atoms with E-state index in [1.807, 2.05) is 36.5 Å². The molecule has 0 fully saturated rings. The summed E-state index contributed by atoms with van der Waals surface area (Å²) >= 11 is 0. The maximum Gasteiger partial charge on any atom is 0.163 e. The molecule has 6 nitrogen and oxygen atoms in total. The minimum Gasteiger partial charge on any atom is -0.465 e. The van der Waals surface area contributed by atoms with E-state index in [0.717, 1.165) is 42.9 Å². The summed E-state index contributed by atoms with van der Waals surface area (Å²) < 4.78 is 7.73. The highest BCUT2D eigenvalue weighted by Crippen LogP contribution is 2.47. The van der Waals surface area contributed by atoms with Crippen LogP contribution in [0.4, 0.5) is 0 Å². The highest BCUT2D eigenvalue weighted by Gasteiger charge is 2.43. The Morgan fingerprint density at radius 2 is 1.52 bits per heavy atom. The molecule has 1 aromatic carbocycles. The summed E-state index contributed by atoms with van der Waals surface area (Å²) in [6.45, 7) is 0. The summed E-state index contributed by atoms with van der Waals surface area (Å²) in [5.41, 5.74) is 2.73. The highest BCUT2D eigenvalue weighted by atomic mass is 16.5. The van der Waals surface area contributed by atoms with Crippen LogP contribution in [0.1, 0.15) is 50.1 Å². The van der Waals surface area contributed by atoms with Gasteiger partial charge in [-0.05, 0) is 25.0 Å². The lowest BCUT2D eigenvalue weighted by molar-refractivity contribution is -0.117. The second-order valence-electron chi connectivity index (χ2n) is 7.19. The maximum atomic E-state index is 12.7. The third-order valence-corrected chi connectivity index (χ3v) is 5.47. The fourth-order valence-electron chi connectivity index (χ4n) is 4.23. The maximum absolute atomic E-state index is 12.7. The van der Waals surface area contributed by atoms with E-state index in [1.54, 1.807) is 4.68 Å². The van der Waals surface area contributed by atoms with Crippen molar-refractivity contribution in [2.24, 2.45) is 0 Å². The summed E-state index contributed by atoms with van der Waals surface area (Å²) in [5.74, 6) is 1.10. The molecule has 2 heterocycles. The van der Waals surface area contributed by atoms with Crippen molar-refractivity contribution in [2.45, 2.75) is 44.4 Å². The van der Waals surface area contributed by atoms with E-state index in [0.29, 0.717) is 29.7 Å². The summed E-state index contributed by atoms with van der Waals surface area (Å²) in [6, 6.07) is 9.68. The van der Waals surface area contributed by atoms with Crippen LogP contribution in [0.25, 0.3) is 5.69 Å². The van der Waals surface area contributed by atoms with Crippen molar-refractivity contribution < 1.29 is 14.3 Å². The molecule has 0 saturated heterocycles. The van der Waals surface area contributed by atoms with Gasteiger partial charge in [0.05, 0.1) is 23.5 Å². The number of ketones is 2. The Balaban J connectivity index is 1.64. The van der Waals surface area contributed by atoms with Crippen LogP contribution in [-0.4, -0.2) is 26.6 Å². The van der Waals surface area contributed by atoms with Crippen molar-refractivity contribution in [1.82, 2.24) is 15.0 Å². The summed E-state index contributed by atoms with van der Waals surface area (Å²) in [5, 5.41) is 8.60. The number of carbonyl (C=O) groups is 2. The molecule has 6 heteroatoms. The van der Waals surface area contributed by atoms with Crippen molar-refractivity contribution in [3.05, 3.63) is 64.9 Å². The summed E-state index contributed by atoms with van der Waals surface area (Å²) in [7, 11) is 0. The van der Waals surface area contributed by atoms with Gasteiger partial charge in [-0.2, -0.15) is 0 Å². The van der Waals surface area contributed by atoms with Crippen LogP contribution in [-0.2, 0) is 14.3 Å². The second-order valence-corrected chi connectivity index (χ2v) is 7.19. The standard InChI is InChI=1S/C21H19N3O3/c25-15-8-4-10-17-20(15)19(21-16(26)9-5-11-18(21)27-17)14-12-24(23-22-14)13-6-2-1-3-7-13/h1-3,6-7,12,19H,4-5,8-11H2. The first-order valence-corrected chi connectivity index (χ1v) is 9.40. The molecule has 0 unspecified atom stereocenters. The van der Waals surface area contributed by atoms with E-state index in [2.05, 4.69) is 10.3 Å². The fourth-order valence-corrected chi connectivity index (χ4v) is 4.23. The number of hydrogen-bond donors (Lipinski definition) is 0. The largest absolute Gasteiger partial charge is 0.465 e. The average molecular weight is 361 g/mol. The Bertz CT molecular complexity index is 959. The Hall–Kier alpha value is -3.02. The molecule has 5 rings (SSSR count). The molecule has 0 bridgehead atoms. The molecule has 27 heavy (non-hydrogen) atoms. The van der Waals surface area contributed by atoms with Gasteiger partial charge in [-0.1, -0.05) is 23.4 Å². The van der Waals surface area contributed by atoms with Crippen LogP contribution in [0.15, 0.2) is 59.2 Å². The van der Waals surface area contributed by atoms with Crippen LogP contribution >= 0.6 is 0 Å². The van der Waals surface area contributed by atoms with Gasteiger partial charge in [-0.25, -0.2) is 4.68 Å². The predicted octanol–water partition coefficient (Wildman–Crippen LogP) is 3.40. The van der Waals surface area contributed by atoms with Gasteiger partial charge in [0.2, 0.25) is 0 Å². The van der Waals surface area contributed by atoms with Crippen LogP contribution in [0.2, 0.25) is 0 Å². The van der Waals surface area contributed by atoms with Crippen molar-refractivity contribution in [2.75, 3.05) is 0 Å². The number of benzene rings is 1. The minimum absolute atomic E-state index is 0.0560. The predicted molar refractivity (Wildman–Crippen MR) is 97.0 cm³/mol. The first-order chi connectivity index (χ1) is 13.2. The van der Waals surface area contributed by atoms with Crippen molar-refractivity contribution in [3.63, 3.8) is 0 Å². The molecule has 0 spiro atoms. The summed E-state index contributed by atoms with van der Waals surface area (Å²) in [4.78, 5) is 25.5. The van der Waals surface area contributed by atoms with E-state index >= 15 is 0 Å². The fraction of sp³-hybridized carbons (Fsp3) is 0.333. The van der Waals surface area contributed by atoms with E-state index in [4.69, 9.17) is 4.74 Å². The lowest BCUT2D eigenvalue weighted by atomic mass is 9.75. The van der Waals surface area contributed by atoms with Gasteiger partial charge in [0.25, 0.3) is 0 Å². The molecular weight excluding hydrogens is 342 g/mol. The number of hydrogen-bond acceptors (Lipinski definition) is 5. The number of Topliss-reactive ketones (excluding diaryl/α,β-unsaturated/α-hetero) is 2. The molecular formula is C21H19N3O3. The number of carbonyl (C=O) groups excluding carboxylic acids is 2. The number of ether oxygens (including phenoxy) is 1. The molecule has 1 aromatic heterocycles. The van der Waals surface area contributed by atoms with Crippen LogP contribution in [0.5, 0.6) is 0 Å². The Morgan fingerprint density at radius 1 is 0.889 bits per heavy atom. The Kier molecular flexibility index (Phi) is 3.77. The van der Waals surface area contributed by atoms with Gasteiger partial charge in [0.1, 0.15) is 11.5 Å². The number of nitrogens with zero attached hydrogens (tertiary/aromatic N) is 3. The average Bonchev–Trinajstić information content (AvgIpc) is 3.17. The lowest BCUT2D eigenvalue weighted by Gasteiger charge is -2.34. The van der Waals surface area contributed by atoms with Crippen LogP contribution in [0.3, 0.4) is 0 Å². The molecule has 0 atom stereocenters. The van der Waals surface area contributed by atoms with Crippen molar-refractivity contribution >= 4 is 11.6 Å². The molecule has 2 aliphatic carbocycles. The van der Waals surface area contributed by atoms with E-state index in [-0.39, 0.29) is 11.6 Å². The van der Waals surface area contributed by atoms with Gasteiger partial charge < -0.3 is 4.74 Å². The van der Waals surface area contributed by atoms with Gasteiger partial charge in [-0.3, -0.25) is 9.59 Å². The second kappa shape index (κ2) is 6.30. The van der Waals surface area contributed by atoms with E-state index < -0.39 is 5.92 Å². The topological polar surface area (TPSA) is 74.1 Å². The molecule has 0 amide bonds. The minimum atomic E-state index is -0.457. The first kappa shape index (κ1) is 16.2. The zero-order valence-corrected chi connectivity index (χ0v) is 14.9. The zero-order valence-electron chi connectivity index (χ0n) is 14.9. The number of para-hydroxylation sites is 1. The zero-order chi connectivity index (χ0) is 18.4. The third-order valence-electron chi connectivity index (χ3n) is 5.47. The smallest absolute Gasteiger partial charge is 0.163 e. The highest BCUT2D eigenvalue weighted by molar-refractivity contribution is 6.05. The van der Waals surface area contributed by atoms with Gasteiger partial charge >= 0.3 is 0 Å². The Labute approximate surface area is 156 Å². The van der Waals surface area contributed by atoms with Gasteiger partial charge in [0, 0.05) is 36.8 Å².